The third-order valence-corrected chi connectivity index (χ3v) is 6.16. The Labute approximate surface area is 184 Å². The number of ether oxygens (including phenoxy) is 1. The van der Waals surface area contributed by atoms with E-state index in [0.717, 1.165) is 46.9 Å². The number of carbonyl (C=O) groups excluding carboxylic acids is 1. The summed E-state index contributed by atoms with van der Waals surface area (Å²) in [6, 6.07) is 13.8. The van der Waals surface area contributed by atoms with E-state index in [4.69, 9.17) is 9.72 Å². The van der Waals surface area contributed by atoms with Crippen LogP contribution >= 0.6 is 0 Å². The monoisotopic (exact) mass is 420 g/mol. The maximum Gasteiger partial charge on any atom is 0.412 e. The molecule has 1 saturated carbocycles. The number of imidazole rings is 1. The Balaban J connectivity index is 1.58. The summed E-state index contributed by atoms with van der Waals surface area (Å²) in [6.45, 7) is 6.16. The number of anilines is 2. The Hall–Kier alpha value is -3.02. The molecule has 164 valence electrons. The van der Waals surface area contributed by atoms with E-state index < -0.39 is 6.09 Å². The number of fused-ring (bicyclic) bond motifs is 1. The molecule has 1 heterocycles. The zero-order valence-electron chi connectivity index (χ0n) is 18.5. The van der Waals surface area contributed by atoms with Crippen LogP contribution in [0.1, 0.15) is 63.3 Å². The molecule has 1 aliphatic rings. The van der Waals surface area contributed by atoms with Gasteiger partial charge < -0.3 is 14.6 Å². The van der Waals surface area contributed by atoms with Gasteiger partial charge >= 0.3 is 6.09 Å². The second-order valence-electron chi connectivity index (χ2n) is 8.20. The Bertz CT molecular complexity index is 1010. The van der Waals surface area contributed by atoms with Crippen molar-refractivity contribution >= 4 is 28.5 Å². The van der Waals surface area contributed by atoms with E-state index in [1.165, 1.54) is 32.1 Å². The molecule has 6 heteroatoms. The average molecular weight is 421 g/mol. The predicted molar refractivity (Wildman–Crippen MR) is 126 cm³/mol. The molecule has 2 N–H and O–H groups in total. The van der Waals surface area contributed by atoms with Crippen molar-refractivity contribution in [3.05, 3.63) is 53.9 Å². The molecule has 1 aliphatic carbocycles. The molecule has 0 bridgehead atoms. The minimum atomic E-state index is -0.455. The van der Waals surface area contributed by atoms with Gasteiger partial charge in [-0.15, -0.1) is 0 Å². The van der Waals surface area contributed by atoms with Crippen LogP contribution in [-0.2, 0) is 11.3 Å². The highest BCUT2D eigenvalue weighted by molar-refractivity contribution is 5.95. The zero-order chi connectivity index (χ0) is 21.6. The molecule has 2 aromatic carbocycles. The summed E-state index contributed by atoms with van der Waals surface area (Å²) in [7, 11) is 0. The van der Waals surface area contributed by atoms with Gasteiger partial charge in [0, 0.05) is 19.0 Å². The van der Waals surface area contributed by atoms with Crippen LogP contribution in [0.3, 0.4) is 0 Å². The molecule has 6 nitrogen and oxygen atoms in total. The van der Waals surface area contributed by atoms with Crippen LogP contribution < -0.4 is 10.2 Å². The number of hydrogen-bond acceptors (Lipinski definition) is 4. The van der Waals surface area contributed by atoms with Crippen molar-refractivity contribution in [1.82, 2.24) is 9.97 Å². The lowest BCUT2D eigenvalue weighted by atomic mass is 9.89. The number of carbonyl (C=O) groups is 1. The second-order valence-corrected chi connectivity index (χ2v) is 8.20. The van der Waals surface area contributed by atoms with Crippen molar-refractivity contribution < 1.29 is 9.53 Å². The maximum atomic E-state index is 12.5. The molecule has 1 aromatic heterocycles. The van der Waals surface area contributed by atoms with Gasteiger partial charge in [-0.05, 0) is 44.4 Å². The number of aromatic amines is 1. The minimum Gasteiger partial charge on any atom is -0.444 e. The van der Waals surface area contributed by atoms with Crippen LogP contribution in [0.2, 0.25) is 0 Å². The van der Waals surface area contributed by atoms with Crippen LogP contribution in [-0.4, -0.2) is 29.2 Å². The Morgan fingerprint density at radius 3 is 2.58 bits per heavy atom. The average Bonchev–Trinajstić information content (AvgIpc) is 3.23. The second kappa shape index (κ2) is 9.86. The van der Waals surface area contributed by atoms with Crippen LogP contribution in [0, 0.1) is 0 Å². The first-order valence-corrected chi connectivity index (χ1v) is 11.4. The van der Waals surface area contributed by atoms with Crippen LogP contribution in [0.5, 0.6) is 0 Å². The summed E-state index contributed by atoms with van der Waals surface area (Å²) in [4.78, 5) is 23.2. The first kappa shape index (κ1) is 21.2. The molecule has 0 atom stereocenters. The number of nitrogens with zero attached hydrogens (tertiary/aromatic N) is 2. The zero-order valence-corrected chi connectivity index (χ0v) is 18.5. The van der Waals surface area contributed by atoms with Crippen molar-refractivity contribution in [1.29, 1.82) is 0 Å². The number of aromatic nitrogens is 2. The first-order valence-electron chi connectivity index (χ1n) is 11.4. The van der Waals surface area contributed by atoms with Gasteiger partial charge in [-0.25, -0.2) is 9.78 Å². The van der Waals surface area contributed by atoms with Gasteiger partial charge in [0.15, 0.2) is 0 Å². The molecular weight excluding hydrogens is 388 g/mol. The highest BCUT2D eigenvalue weighted by Gasteiger charge is 2.21. The van der Waals surface area contributed by atoms with E-state index in [-0.39, 0.29) is 6.61 Å². The number of benzene rings is 2. The minimum absolute atomic E-state index is 0.241. The molecule has 31 heavy (non-hydrogen) atoms. The fraction of sp³-hybridized carbons (Fsp3) is 0.440. The molecule has 3 aromatic rings. The van der Waals surface area contributed by atoms with E-state index in [2.05, 4.69) is 35.1 Å². The van der Waals surface area contributed by atoms with Gasteiger partial charge in [0.2, 0.25) is 0 Å². The number of hydrogen-bond donors (Lipinski definition) is 2. The Kier molecular flexibility index (Phi) is 6.75. The largest absolute Gasteiger partial charge is 0.444 e. The fourth-order valence-electron chi connectivity index (χ4n) is 4.43. The van der Waals surface area contributed by atoms with Gasteiger partial charge in [-0.3, -0.25) is 5.32 Å². The van der Waals surface area contributed by atoms with Gasteiger partial charge in [0.05, 0.1) is 22.4 Å². The molecule has 4 rings (SSSR count). The van der Waals surface area contributed by atoms with Gasteiger partial charge in [0.1, 0.15) is 12.4 Å². The Morgan fingerprint density at radius 1 is 1.13 bits per heavy atom. The molecule has 0 unspecified atom stereocenters. The van der Waals surface area contributed by atoms with Gasteiger partial charge in [-0.2, -0.15) is 0 Å². The lowest BCUT2D eigenvalue weighted by Gasteiger charge is -2.24. The van der Waals surface area contributed by atoms with Crippen LogP contribution in [0.25, 0.3) is 11.0 Å². The van der Waals surface area contributed by atoms with Gasteiger partial charge in [0.25, 0.3) is 0 Å². The molecule has 0 saturated heterocycles. The molecular formula is C25H32N4O2. The van der Waals surface area contributed by atoms with Gasteiger partial charge in [-0.1, -0.05) is 49.6 Å². The topological polar surface area (TPSA) is 70.2 Å². The lowest BCUT2D eigenvalue weighted by Crippen LogP contribution is -2.24. The summed E-state index contributed by atoms with van der Waals surface area (Å²) < 4.78 is 5.45. The van der Waals surface area contributed by atoms with Crippen molar-refractivity contribution in [3.63, 3.8) is 0 Å². The van der Waals surface area contributed by atoms with Crippen molar-refractivity contribution in [2.24, 2.45) is 0 Å². The standard InChI is InChI=1S/C25H32N4O2/c1-3-29(4-2)23-16-21-20(26-24(27-21)19-13-9-6-10-14-19)15-22(23)28-25(30)31-17-18-11-7-5-8-12-18/h5,7-8,11-12,15-16,19H,3-4,6,9-10,13-14,17H2,1-2H3,(H,26,27)(H,28,30). The highest BCUT2D eigenvalue weighted by atomic mass is 16.5. The third kappa shape index (κ3) is 5.01. The summed E-state index contributed by atoms with van der Waals surface area (Å²) in [5, 5.41) is 2.96. The van der Waals surface area contributed by atoms with E-state index in [1.807, 2.05) is 36.4 Å². The quantitative estimate of drug-likeness (QED) is 0.477. The number of amides is 1. The highest BCUT2D eigenvalue weighted by Crippen LogP contribution is 2.35. The summed E-state index contributed by atoms with van der Waals surface area (Å²) in [5.41, 5.74) is 4.58. The third-order valence-electron chi connectivity index (χ3n) is 6.16. The lowest BCUT2D eigenvalue weighted by molar-refractivity contribution is 0.155. The number of rotatable bonds is 7. The summed E-state index contributed by atoms with van der Waals surface area (Å²) in [5.74, 6) is 1.58. The van der Waals surface area contributed by atoms with E-state index in [1.54, 1.807) is 0 Å². The SMILES string of the molecule is CCN(CC)c1cc2nc(C3CCCCC3)[nH]c2cc1NC(=O)OCc1ccccc1. The molecule has 0 radical (unpaired) electrons. The van der Waals surface area contributed by atoms with E-state index >= 15 is 0 Å². The molecule has 0 spiro atoms. The smallest absolute Gasteiger partial charge is 0.412 e. The Morgan fingerprint density at radius 2 is 1.87 bits per heavy atom. The van der Waals surface area contributed by atoms with E-state index in [9.17, 15) is 4.79 Å². The summed E-state index contributed by atoms with van der Waals surface area (Å²) in [6.07, 6.45) is 5.80. The van der Waals surface area contributed by atoms with E-state index in [0.29, 0.717) is 5.92 Å². The molecule has 1 fully saturated rings. The number of H-pyrrole nitrogens is 1. The van der Waals surface area contributed by atoms with Crippen molar-refractivity contribution in [2.75, 3.05) is 23.3 Å². The van der Waals surface area contributed by atoms with Crippen molar-refractivity contribution in [2.45, 2.75) is 58.5 Å². The van der Waals surface area contributed by atoms with Crippen LogP contribution in [0.4, 0.5) is 16.2 Å². The number of nitrogens with one attached hydrogen (secondary N) is 2. The van der Waals surface area contributed by atoms with Crippen LogP contribution in [0.15, 0.2) is 42.5 Å². The molecule has 1 amide bonds. The maximum absolute atomic E-state index is 12.5. The molecule has 0 aliphatic heterocycles. The summed E-state index contributed by atoms with van der Waals surface area (Å²) >= 11 is 0. The predicted octanol–water partition coefficient (Wildman–Crippen LogP) is 6.21. The first-order chi connectivity index (χ1) is 15.2. The van der Waals surface area contributed by atoms with Crippen molar-refractivity contribution in [3.8, 4) is 0 Å². The normalized spacial score (nSPS) is 14.5. The fourth-order valence-corrected chi connectivity index (χ4v) is 4.43.